The number of rotatable bonds is 9. The first-order chi connectivity index (χ1) is 19.2. The van der Waals surface area contributed by atoms with Crippen LogP contribution in [0.2, 0.25) is 0 Å². The maximum atomic E-state index is 12.3. The van der Waals surface area contributed by atoms with Gasteiger partial charge in [-0.15, -0.1) is 0 Å². The zero-order valence-corrected chi connectivity index (χ0v) is 22.0. The molecule has 0 unspecified atom stereocenters. The molecule has 2 aromatic carbocycles. The van der Waals surface area contributed by atoms with Crippen LogP contribution in [0.3, 0.4) is 0 Å². The van der Waals surface area contributed by atoms with Crippen LogP contribution in [0.15, 0.2) is 72.9 Å². The van der Waals surface area contributed by atoms with E-state index in [-0.39, 0.29) is 0 Å². The number of aromatic amines is 1. The molecular weight excluding hydrogens is 486 g/mol. The highest BCUT2D eigenvalue weighted by Gasteiger charge is 2.17. The van der Waals surface area contributed by atoms with Crippen LogP contribution in [-0.2, 0) is 12.8 Å². The largest absolute Gasteiger partial charge is 0.412 e. The monoisotopic (exact) mass is 519 g/mol. The van der Waals surface area contributed by atoms with Crippen molar-refractivity contribution < 1.29 is 9.53 Å². The molecule has 0 bridgehead atoms. The number of pyridine rings is 2. The molecule has 7 heteroatoms. The Kier molecular flexibility index (Phi) is 7.38. The first kappa shape index (κ1) is 24.9. The molecule has 1 aliphatic carbocycles. The molecule has 198 valence electrons. The second-order valence-electron chi connectivity index (χ2n) is 10.1. The number of unbranched alkanes of at least 4 members (excludes halogenated alkanes) is 2. The molecule has 0 spiro atoms. The minimum Gasteiger partial charge on any atom is -0.410 e. The number of benzene rings is 2. The second-order valence-corrected chi connectivity index (χ2v) is 10.1. The first-order valence-corrected chi connectivity index (χ1v) is 13.9. The predicted octanol–water partition coefficient (Wildman–Crippen LogP) is 7.03. The highest BCUT2D eigenvalue weighted by Crippen LogP contribution is 2.33. The van der Waals surface area contributed by atoms with Gasteiger partial charge in [0.15, 0.2) is 0 Å². The summed E-state index contributed by atoms with van der Waals surface area (Å²) in [7, 11) is 0. The highest BCUT2D eigenvalue weighted by molar-refractivity contribution is 5.93. The number of aryl methyl sites for hydroxylation is 1. The van der Waals surface area contributed by atoms with Crippen molar-refractivity contribution >= 4 is 33.7 Å². The number of nitrogens with zero attached hydrogens (tertiary/aromatic N) is 2. The van der Waals surface area contributed by atoms with Gasteiger partial charge in [-0.2, -0.15) is 0 Å². The summed E-state index contributed by atoms with van der Waals surface area (Å²) in [5.41, 5.74) is 7.84. The molecule has 0 atom stereocenters. The lowest BCUT2D eigenvalue weighted by molar-refractivity contribution is 0.200. The van der Waals surface area contributed by atoms with Crippen molar-refractivity contribution in [2.24, 2.45) is 0 Å². The molecule has 1 aliphatic rings. The molecule has 3 heterocycles. The van der Waals surface area contributed by atoms with Crippen molar-refractivity contribution in [3.63, 3.8) is 0 Å². The summed E-state index contributed by atoms with van der Waals surface area (Å²) in [6.07, 6.45) is 8.93. The smallest absolute Gasteiger partial charge is 0.410 e. The minimum atomic E-state index is -0.425. The number of para-hydroxylation sites is 1. The third-order valence-electron chi connectivity index (χ3n) is 7.36. The van der Waals surface area contributed by atoms with Crippen molar-refractivity contribution in [3.05, 3.63) is 84.2 Å². The Morgan fingerprint density at radius 2 is 1.77 bits per heavy atom. The lowest BCUT2D eigenvalue weighted by Crippen LogP contribution is -2.27. The second kappa shape index (κ2) is 11.6. The van der Waals surface area contributed by atoms with Gasteiger partial charge < -0.3 is 20.4 Å². The van der Waals surface area contributed by atoms with Crippen LogP contribution in [0.4, 0.5) is 10.5 Å². The van der Waals surface area contributed by atoms with Crippen molar-refractivity contribution in [1.82, 2.24) is 20.3 Å². The Morgan fingerprint density at radius 3 is 2.67 bits per heavy atom. The average molecular weight is 520 g/mol. The maximum absolute atomic E-state index is 12.3. The third-order valence-corrected chi connectivity index (χ3v) is 7.36. The van der Waals surface area contributed by atoms with E-state index in [2.05, 4.69) is 50.9 Å². The van der Waals surface area contributed by atoms with Gasteiger partial charge in [0.1, 0.15) is 11.4 Å². The van der Waals surface area contributed by atoms with Crippen molar-refractivity contribution in [3.8, 4) is 17.0 Å². The van der Waals surface area contributed by atoms with Crippen LogP contribution in [0.5, 0.6) is 5.75 Å². The van der Waals surface area contributed by atoms with Crippen molar-refractivity contribution in [2.75, 3.05) is 18.4 Å². The van der Waals surface area contributed by atoms with E-state index in [0.29, 0.717) is 12.3 Å². The van der Waals surface area contributed by atoms with Crippen LogP contribution in [0.1, 0.15) is 43.4 Å². The van der Waals surface area contributed by atoms with Crippen LogP contribution >= 0.6 is 0 Å². The van der Waals surface area contributed by atoms with E-state index < -0.39 is 6.09 Å². The number of aromatic nitrogens is 3. The molecular formula is C32H33N5O2. The standard InChI is InChI=1S/C32H33N5O2/c38-32(39-24-16-14-22(15-17-24)29-21-23-9-8-20-34-31(23)37-29)35-19-7-1-6-18-33-30-25-10-2-4-12-27(25)36-28-13-5-3-11-26(28)30/h2,4,8-10,12,14-17,20-21H,1,3,5-7,11,13,18-19H2,(H,33,36)(H,34,37)(H,35,38). The van der Waals surface area contributed by atoms with Gasteiger partial charge in [-0.05, 0) is 105 Å². The molecule has 0 fully saturated rings. The molecule has 0 aliphatic heterocycles. The van der Waals surface area contributed by atoms with Gasteiger partial charge in [0.2, 0.25) is 0 Å². The zero-order valence-electron chi connectivity index (χ0n) is 22.0. The van der Waals surface area contributed by atoms with Gasteiger partial charge in [0.25, 0.3) is 0 Å². The fourth-order valence-electron chi connectivity index (χ4n) is 5.36. The van der Waals surface area contributed by atoms with Crippen molar-refractivity contribution in [1.29, 1.82) is 0 Å². The maximum Gasteiger partial charge on any atom is 0.412 e. The van der Waals surface area contributed by atoms with E-state index in [1.165, 1.54) is 35.2 Å². The summed E-state index contributed by atoms with van der Waals surface area (Å²) < 4.78 is 5.45. The Bertz CT molecular complexity index is 1560. The number of hydrogen-bond donors (Lipinski definition) is 3. The fourth-order valence-corrected chi connectivity index (χ4v) is 5.36. The number of carbonyl (C=O) groups excluding carboxylic acids is 1. The van der Waals surface area contributed by atoms with Crippen LogP contribution in [0.25, 0.3) is 33.2 Å². The Morgan fingerprint density at radius 1 is 0.923 bits per heavy atom. The summed E-state index contributed by atoms with van der Waals surface area (Å²) in [4.78, 5) is 24.8. The zero-order chi connectivity index (χ0) is 26.4. The highest BCUT2D eigenvalue weighted by atomic mass is 16.6. The lowest BCUT2D eigenvalue weighted by Gasteiger charge is -2.21. The number of nitrogens with one attached hydrogen (secondary N) is 3. The Hall–Kier alpha value is -4.39. The Balaban J connectivity index is 0.935. The van der Waals surface area contributed by atoms with E-state index in [1.807, 2.05) is 24.3 Å². The molecule has 0 saturated carbocycles. The molecule has 1 amide bonds. The molecule has 5 aromatic rings. The number of anilines is 1. The van der Waals surface area contributed by atoms with E-state index >= 15 is 0 Å². The number of ether oxygens (including phenoxy) is 1. The van der Waals surface area contributed by atoms with E-state index in [4.69, 9.17) is 9.72 Å². The summed E-state index contributed by atoms with van der Waals surface area (Å²) in [5.74, 6) is 0.516. The van der Waals surface area contributed by atoms with Gasteiger partial charge in [0.05, 0.1) is 5.52 Å². The van der Waals surface area contributed by atoms with Crippen LogP contribution in [-0.4, -0.2) is 34.1 Å². The summed E-state index contributed by atoms with van der Waals surface area (Å²) in [5, 5.41) is 8.86. The number of amides is 1. The first-order valence-electron chi connectivity index (χ1n) is 13.9. The Labute approximate surface area is 228 Å². The predicted molar refractivity (Wildman–Crippen MR) is 156 cm³/mol. The van der Waals surface area contributed by atoms with Crippen molar-refractivity contribution in [2.45, 2.75) is 44.9 Å². The van der Waals surface area contributed by atoms with E-state index in [0.717, 1.165) is 66.5 Å². The molecule has 0 saturated heterocycles. The SMILES string of the molecule is O=C(NCCCCCNc1c2c(nc3ccccc13)CCCC2)Oc1ccc(-c2cc3cccnc3[nH]2)cc1. The quantitative estimate of drug-likeness (QED) is 0.182. The number of fused-ring (bicyclic) bond motifs is 3. The normalized spacial score (nSPS) is 12.8. The average Bonchev–Trinajstić information content (AvgIpc) is 3.41. The lowest BCUT2D eigenvalue weighted by atomic mass is 9.92. The summed E-state index contributed by atoms with van der Waals surface area (Å²) >= 11 is 0. The molecule has 0 radical (unpaired) electrons. The van der Waals surface area contributed by atoms with Crippen LogP contribution in [0, 0.1) is 0 Å². The van der Waals surface area contributed by atoms with Crippen LogP contribution < -0.4 is 15.4 Å². The number of hydrogen-bond acceptors (Lipinski definition) is 5. The topological polar surface area (TPSA) is 91.9 Å². The minimum absolute atomic E-state index is 0.425. The van der Waals surface area contributed by atoms with Gasteiger partial charge >= 0.3 is 6.09 Å². The van der Waals surface area contributed by atoms with E-state index in [9.17, 15) is 4.79 Å². The third kappa shape index (κ3) is 5.72. The molecule has 39 heavy (non-hydrogen) atoms. The fraction of sp³-hybridized carbons (Fsp3) is 0.281. The van der Waals surface area contributed by atoms with Gasteiger partial charge in [-0.3, -0.25) is 4.98 Å². The van der Waals surface area contributed by atoms with Gasteiger partial charge in [0, 0.05) is 47.1 Å². The summed E-state index contributed by atoms with van der Waals surface area (Å²) in [6, 6.07) is 21.9. The molecule has 7 nitrogen and oxygen atoms in total. The van der Waals surface area contributed by atoms with Gasteiger partial charge in [-0.25, -0.2) is 9.78 Å². The molecule has 6 rings (SSSR count). The van der Waals surface area contributed by atoms with E-state index in [1.54, 1.807) is 18.3 Å². The molecule has 3 N–H and O–H groups in total. The summed E-state index contributed by atoms with van der Waals surface area (Å²) in [6.45, 7) is 1.50. The number of H-pyrrole nitrogens is 1. The number of carbonyl (C=O) groups is 1. The van der Waals surface area contributed by atoms with Gasteiger partial charge in [-0.1, -0.05) is 18.2 Å². The molecule has 3 aromatic heterocycles.